The van der Waals surface area contributed by atoms with E-state index in [2.05, 4.69) is 55.0 Å². The summed E-state index contributed by atoms with van der Waals surface area (Å²) < 4.78 is 0. The summed E-state index contributed by atoms with van der Waals surface area (Å²) in [6.07, 6.45) is 0. The van der Waals surface area contributed by atoms with Gasteiger partial charge in [0, 0.05) is 26.3 Å². The molecule has 0 bridgehead atoms. The van der Waals surface area contributed by atoms with Crippen LogP contribution < -0.4 is 10.2 Å². The Labute approximate surface area is 112 Å². The van der Waals surface area contributed by atoms with Crippen molar-refractivity contribution in [3.05, 3.63) is 23.4 Å². The molecule has 0 aromatic carbocycles. The van der Waals surface area contributed by atoms with Crippen LogP contribution in [0.4, 0.5) is 5.82 Å². The molecule has 0 amide bonds. The second kappa shape index (κ2) is 6.74. The van der Waals surface area contributed by atoms with Gasteiger partial charge in [-0.05, 0) is 36.1 Å². The smallest absolute Gasteiger partial charge is 0.128 e. The molecule has 1 N–H and O–H groups in total. The third kappa shape index (κ3) is 4.65. The Hall–Kier alpha value is -1.09. The van der Waals surface area contributed by atoms with Crippen LogP contribution in [0, 0.1) is 5.92 Å². The highest BCUT2D eigenvalue weighted by Gasteiger charge is 2.07. The molecule has 1 aromatic heterocycles. The summed E-state index contributed by atoms with van der Waals surface area (Å²) in [4.78, 5) is 6.74. The zero-order chi connectivity index (χ0) is 13.7. The van der Waals surface area contributed by atoms with Crippen LogP contribution >= 0.6 is 0 Å². The van der Waals surface area contributed by atoms with E-state index in [0.29, 0.717) is 11.8 Å². The van der Waals surface area contributed by atoms with Crippen LogP contribution in [0.5, 0.6) is 0 Å². The summed E-state index contributed by atoms with van der Waals surface area (Å²) >= 11 is 0. The molecule has 0 saturated carbocycles. The van der Waals surface area contributed by atoms with E-state index < -0.39 is 0 Å². The van der Waals surface area contributed by atoms with Crippen molar-refractivity contribution in [2.24, 2.45) is 5.92 Å². The predicted octanol–water partition coefficient (Wildman–Crippen LogP) is 3.02. The van der Waals surface area contributed by atoms with E-state index in [-0.39, 0.29) is 0 Å². The topological polar surface area (TPSA) is 28.2 Å². The van der Waals surface area contributed by atoms with Gasteiger partial charge in [0.05, 0.1) is 0 Å². The minimum absolute atomic E-state index is 0.466. The Kier molecular flexibility index (Phi) is 5.60. The molecule has 0 atom stereocenters. The van der Waals surface area contributed by atoms with Gasteiger partial charge in [-0.25, -0.2) is 4.98 Å². The lowest BCUT2D eigenvalue weighted by Gasteiger charge is -2.17. The normalized spacial score (nSPS) is 11.3. The fraction of sp³-hybridized carbons (Fsp3) is 0.667. The van der Waals surface area contributed by atoms with E-state index in [4.69, 9.17) is 0 Å². The van der Waals surface area contributed by atoms with E-state index in [1.165, 1.54) is 11.3 Å². The molecule has 1 rings (SSSR count). The highest BCUT2D eigenvalue weighted by Crippen LogP contribution is 2.19. The maximum atomic E-state index is 4.67. The van der Waals surface area contributed by atoms with E-state index in [1.807, 2.05) is 14.1 Å². The van der Waals surface area contributed by atoms with Gasteiger partial charge in [-0.15, -0.1) is 0 Å². The van der Waals surface area contributed by atoms with Crippen LogP contribution in [-0.2, 0) is 6.54 Å². The zero-order valence-electron chi connectivity index (χ0n) is 12.6. The van der Waals surface area contributed by atoms with Crippen LogP contribution in [0.2, 0.25) is 0 Å². The molecule has 1 aromatic rings. The largest absolute Gasteiger partial charge is 0.363 e. The quantitative estimate of drug-likeness (QED) is 0.840. The van der Waals surface area contributed by atoms with E-state index in [9.17, 15) is 0 Å². The molecule has 0 fully saturated rings. The maximum Gasteiger partial charge on any atom is 0.128 e. The first kappa shape index (κ1) is 15.0. The summed E-state index contributed by atoms with van der Waals surface area (Å²) in [6.45, 7) is 10.8. The number of aromatic nitrogens is 1. The van der Waals surface area contributed by atoms with Crippen molar-refractivity contribution >= 4 is 5.82 Å². The minimum atomic E-state index is 0.466. The molecule has 102 valence electrons. The highest BCUT2D eigenvalue weighted by molar-refractivity contribution is 5.41. The number of nitrogens with zero attached hydrogens (tertiary/aromatic N) is 2. The van der Waals surface area contributed by atoms with Crippen molar-refractivity contribution in [1.29, 1.82) is 0 Å². The molecule has 0 spiro atoms. The number of nitrogens with one attached hydrogen (secondary N) is 1. The maximum absolute atomic E-state index is 4.67. The van der Waals surface area contributed by atoms with Gasteiger partial charge >= 0.3 is 0 Å². The van der Waals surface area contributed by atoms with Gasteiger partial charge in [-0.3, -0.25) is 0 Å². The van der Waals surface area contributed by atoms with Gasteiger partial charge in [0.2, 0.25) is 0 Å². The summed E-state index contributed by atoms with van der Waals surface area (Å²) in [6, 6.07) is 4.38. The van der Waals surface area contributed by atoms with Crippen LogP contribution in [0.15, 0.2) is 12.1 Å². The Morgan fingerprint density at radius 1 is 1.17 bits per heavy atom. The third-order valence-corrected chi connectivity index (χ3v) is 2.82. The Morgan fingerprint density at radius 3 is 2.33 bits per heavy atom. The Bertz CT molecular complexity index is 344. The van der Waals surface area contributed by atoms with Gasteiger partial charge in [-0.1, -0.05) is 27.7 Å². The van der Waals surface area contributed by atoms with Crippen molar-refractivity contribution in [1.82, 2.24) is 10.3 Å². The Balaban J connectivity index is 2.83. The van der Waals surface area contributed by atoms with Gasteiger partial charge in [0.25, 0.3) is 0 Å². The van der Waals surface area contributed by atoms with Gasteiger partial charge in [-0.2, -0.15) is 0 Å². The molecule has 0 aliphatic heterocycles. The first-order valence-electron chi connectivity index (χ1n) is 6.79. The lowest BCUT2D eigenvalue weighted by atomic mass is 10.1. The minimum Gasteiger partial charge on any atom is -0.363 e. The van der Waals surface area contributed by atoms with Crippen LogP contribution in [0.1, 0.15) is 44.9 Å². The number of hydrogen-bond donors (Lipinski definition) is 1. The van der Waals surface area contributed by atoms with E-state index in [0.717, 1.165) is 18.9 Å². The van der Waals surface area contributed by atoms with E-state index in [1.54, 1.807) is 0 Å². The fourth-order valence-corrected chi connectivity index (χ4v) is 1.73. The first-order chi connectivity index (χ1) is 8.40. The molecule has 0 aliphatic rings. The lowest BCUT2D eigenvalue weighted by molar-refractivity contribution is 0.552. The summed E-state index contributed by atoms with van der Waals surface area (Å²) in [5.41, 5.74) is 2.49. The number of hydrogen-bond acceptors (Lipinski definition) is 3. The second-order valence-corrected chi connectivity index (χ2v) is 5.83. The van der Waals surface area contributed by atoms with Gasteiger partial charge in [0.15, 0.2) is 0 Å². The molecule has 0 saturated heterocycles. The van der Waals surface area contributed by atoms with Crippen LogP contribution in [-0.4, -0.2) is 25.6 Å². The molecular formula is C15H27N3. The average Bonchev–Trinajstić information content (AvgIpc) is 2.28. The van der Waals surface area contributed by atoms with Crippen molar-refractivity contribution in [2.45, 2.75) is 40.2 Å². The molecular weight excluding hydrogens is 222 g/mol. The van der Waals surface area contributed by atoms with Crippen molar-refractivity contribution in [3.63, 3.8) is 0 Å². The lowest BCUT2D eigenvalue weighted by Crippen LogP contribution is -2.20. The van der Waals surface area contributed by atoms with Crippen LogP contribution in [0.25, 0.3) is 0 Å². The summed E-state index contributed by atoms with van der Waals surface area (Å²) in [7, 11) is 4.08. The second-order valence-electron chi connectivity index (χ2n) is 5.83. The van der Waals surface area contributed by atoms with Crippen LogP contribution in [0.3, 0.4) is 0 Å². The highest BCUT2D eigenvalue weighted by atomic mass is 15.1. The number of rotatable bonds is 6. The summed E-state index contributed by atoms with van der Waals surface area (Å²) in [5.74, 6) is 2.20. The Morgan fingerprint density at radius 2 is 1.83 bits per heavy atom. The molecule has 0 unspecified atom stereocenters. The molecule has 18 heavy (non-hydrogen) atoms. The molecule has 3 nitrogen and oxygen atoms in total. The van der Waals surface area contributed by atoms with Gasteiger partial charge < -0.3 is 10.2 Å². The monoisotopic (exact) mass is 249 g/mol. The summed E-state index contributed by atoms with van der Waals surface area (Å²) in [5, 5.41) is 3.49. The SMILES string of the molecule is CC(C)CNCc1cc(C(C)C)nc(N(C)C)c1. The number of anilines is 1. The first-order valence-corrected chi connectivity index (χ1v) is 6.79. The van der Waals surface area contributed by atoms with Crippen molar-refractivity contribution in [3.8, 4) is 0 Å². The molecule has 0 aliphatic carbocycles. The number of pyridine rings is 1. The molecule has 1 heterocycles. The predicted molar refractivity (Wildman–Crippen MR) is 79.2 cm³/mol. The average molecular weight is 249 g/mol. The molecule has 3 heteroatoms. The van der Waals surface area contributed by atoms with Crippen molar-refractivity contribution < 1.29 is 0 Å². The third-order valence-electron chi connectivity index (χ3n) is 2.82. The standard InChI is InChI=1S/C15H27N3/c1-11(2)9-16-10-13-7-14(12(3)4)17-15(8-13)18(5)6/h7-8,11-12,16H,9-10H2,1-6H3. The zero-order valence-corrected chi connectivity index (χ0v) is 12.6. The van der Waals surface area contributed by atoms with E-state index >= 15 is 0 Å². The fourth-order valence-electron chi connectivity index (χ4n) is 1.73. The van der Waals surface area contributed by atoms with Gasteiger partial charge in [0.1, 0.15) is 5.82 Å². The van der Waals surface area contributed by atoms with Crippen molar-refractivity contribution in [2.75, 3.05) is 25.5 Å². The molecule has 0 radical (unpaired) electrons.